The van der Waals surface area contributed by atoms with Gasteiger partial charge in [-0.3, -0.25) is 0 Å². The van der Waals surface area contributed by atoms with Crippen molar-refractivity contribution in [1.29, 1.82) is 0 Å². The van der Waals surface area contributed by atoms with E-state index in [4.69, 9.17) is 9.47 Å². The van der Waals surface area contributed by atoms with Gasteiger partial charge in [-0.25, -0.2) is 0 Å². The Bertz CT molecular complexity index is 444. The molecule has 2 unspecified atom stereocenters. The van der Waals surface area contributed by atoms with E-state index in [2.05, 4.69) is 31.2 Å². The number of aliphatic hydroxyl groups excluding tert-OH is 2. The molecule has 0 amide bonds. The first kappa shape index (κ1) is 14.0. The minimum Gasteiger partial charge on any atom is -0.396 e. The number of hydrogen-bond acceptors (Lipinski definition) is 4. The maximum Gasteiger partial charge on any atom is 0.155 e. The van der Waals surface area contributed by atoms with E-state index in [0.29, 0.717) is 13.0 Å². The van der Waals surface area contributed by atoms with E-state index in [9.17, 15) is 10.2 Å². The lowest BCUT2D eigenvalue weighted by atomic mass is 9.93. The van der Waals surface area contributed by atoms with Crippen LogP contribution in [0.3, 0.4) is 0 Å². The fourth-order valence-corrected chi connectivity index (χ4v) is 3.44. The van der Waals surface area contributed by atoms with Crippen LogP contribution in [0.2, 0.25) is 0 Å². The second kappa shape index (κ2) is 5.82. The van der Waals surface area contributed by atoms with Gasteiger partial charge in [0.05, 0.1) is 18.8 Å². The SMILES string of the molecule is Cc1ccc(CO[C@@H]2CC3OC(O)C[C@@H]3[C@H]2CO)cc1. The lowest BCUT2D eigenvalue weighted by molar-refractivity contribution is -0.0999. The van der Waals surface area contributed by atoms with Crippen molar-refractivity contribution in [3.63, 3.8) is 0 Å². The molecule has 4 nitrogen and oxygen atoms in total. The molecule has 0 spiro atoms. The predicted molar refractivity (Wildman–Crippen MR) is 73.9 cm³/mol. The number of hydrogen-bond donors (Lipinski definition) is 2. The topological polar surface area (TPSA) is 58.9 Å². The molecule has 3 rings (SSSR count). The smallest absolute Gasteiger partial charge is 0.155 e. The van der Waals surface area contributed by atoms with Crippen LogP contribution in [0.5, 0.6) is 0 Å². The molecule has 1 aromatic rings. The first-order valence-electron chi connectivity index (χ1n) is 7.29. The Morgan fingerprint density at radius 3 is 2.70 bits per heavy atom. The second-order valence-corrected chi connectivity index (χ2v) is 5.95. The Kier molecular flexibility index (Phi) is 4.08. The molecule has 0 radical (unpaired) electrons. The Labute approximate surface area is 119 Å². The van der Waals surface area contributed by atoms with Crippen LogP contribution in [0, 0.1) is 18.8 Å². The summed E-state index contributed by atoms with van der Waals surface area (Å²) in [6.07, 6.45) is 0.755. The third-order valence-corrected chi connectivity index (χ3v) is 4.57. The van der Waals surface area contributed by atoms with E-state index in [1.54, 1.807) is 0 Å². The van der Waals surface area contributed by atoms with Gasteiger partial charge >= 0.3 is 0 Å². The first-order valence-corrected chi connectivity index (χ1v) is 7.29. The van der Waals surface area contributed by atoms with Gasteiger partial charge < -0.3 is 19.7 Å². The van der Waals surface area contributed by atoms with Crippen molar-refractivity contribution in [2.45, 2.75) is 44.9 Å². The number of benzene rings is 1. The highest BCUT2D eigenvalue weighted by Crippen LogP contribution is 2.43. The maximum atomic E-state index is 9.59. The van der Waals surface area contributed by atoms with Crippen LogP contribution in [-0.2, 0) is 16.1 Å². The van der Waals surface area contributed by atoms with Gasteiger partial charge in [-0.2, -0.15) is 0 Å². The largest absolute Gasteiger partial charge is 0.396 e. The van der Waals surface area contributed by atoms with Gasteiger partial charge in [0.2, 0.25) is 0 Å². The van der Waals surface area contributed by atoms with E-state index in [1.165, 1.54) is 5.56 Å². The van der Waals surface area contributed by atoms with Crippen LogP contribution < -0.4 is 0 Å². The minimum atomic E-state index is -0.669. The van der Waals surface area contributed by atoms with Gasteiger partial charge in [0, 0.05) is 25.4 Å². The third kappa shape index (κ3) is 2.74. The van der Waals surface area contributed by atoms with Crippen LogP contribution >= 0.6 is 0 Å². The summed E-state index contributed by atoms with van der Waals surface area (Å²) in [6.45, 7) is 2.71. The molecule has 0 aromatic heterocycles. The van der Waals surface area contributed by atoms with Crippen LogP contribution in [0.1, 0.15) is 24.0 Å². The van der Waals surface area contributed by atoms with E-state index >= 15 is 0 Å². The summed E-state index contributed by atoms with van der Waals surface area (Å²) in [5.74, 6) is 0.292. The average Bonchev–Trinajstić information content (AvgIpc) is 2.93. The molecule has 1 saturated carbocycles. The van der Waals surface area contributed by atoms with Gasteiger partial charge in [0.1, 0.15) is 0 Å². The van der Waals surface area contributed by atoms with E-state index in [0.717, 1.165) is 12.0 Å². The van der Waals surface area contributed by atoms with Crippen molar-refractivity contribution in [3.05, 3.63) is 35.4 Å². The van der Waals surface area contributed by atoms with Crippen LogP contribution in [0.25, 0.3) is 0 Å². The zero-order chi connectivity index (χ0) is 14.1. The average molecular weight is 278 g/mol. The molecule has 1 aliphatic heterocycles. The lowest BCUT2D eigenvalue weighted by Gasteiger charge is -2.22. The molecule has 0 bridgehead atoms. The summed E-state index contributed by atoms with van der Waals surface area (Å²) in [5, 5.41) is 19.1. The number of rotatable bonds is 4. The van der Waals surface area contributed by atoms with Crippen molar-refractivity contribution in [1.82, 2.24) is 0 Å². The Morgan fingerprint density at radius 2 is 2.00 bits per heavy atom. The molecular formula is C16H22O4. The van der Waals surface area contributed by atoms with Gasteiger partial charge in [0.25, 0.3) is 0 Å². The van der Waals surface area contributed by atoms with E-state index in [-0.39, 0.29) is 30.7 Å². The predicted octanol–water partition coefficient (Wildman–Crippen LogP) is 1.62. The fourth-order valence-electron chi connectivity index (χ4n) is 3.44. The molecule has 110 valence electrons. The summed E-state index contributed by atoms with van der Waals surface area (Å²) >= 11 is 0. The molecule has 2 N–H and O–H groups in total. The zero-order valence-electron chi connectivity index (χ0n) is 11.7. The normalized spacial score (nSPS) is 36.2. The van der Waals surface area contributed by atoms with Gasteiger partial charge in [-0.1, -0.05) is 29.8 Å². The minimum absolute atomic E-state index is 0.0174. The molecule has 2 fully saturated rings. The van der Waals surface area contributed by atoms with Crippen LogP contribution in [0.4, 0.5) is 0 Å². The van der Waals surface area contributed by atoms with Gasteiger partial charge in [-0.05, 0) is 18.4 Å². The molecule has 1 saturated heterocycles. The number of fused-ring (bicyclic) bond motifs is 1. The molecule has 1 heterocycles. The Morgan fingerprint density at radius 1 is 1.25 bits per heavy atom. The monoisotopic (exact) mass is 278 g/mol. The highest BCUT2D eigenvalue weighted by atomic mass is 16.6. The maximum absolute atomic E-state index is 9.59. The summed E-state index contributed by atoms with van der Waals surface area (Å²) in [7, 11) is 0. The second-order valence-electron chi connectivity index (χ2n) is 5.95. The highest BCUT2D eigenvalue weighted by molar-refractivity contribution is 5.20. The molecular weight excluding hydrogens is 256 g/mol. The third-order valence-electron chi connectivity index (χ3n) is 4.57. The quantitative estimate of drug-likeness (QED) is 0.878. The summed E-state index contributed by atoms with van der Waals surface area (Å²) in [4.78, 5) is 0. The van der Waals surface area contributed by atoms with Crippen molar-refractivity contribution < 1.29 is 19.7 Å². The van der Waals surface area contributed by atoms with Crippen molar-refractivity contribution >= 4 is 0 Å². The zero-order valence-corrected chi connectivity index (χ0v) is 11.7. The summed E-state index contributed by atoms with van der Waals surface area (Å²) in [5.41, 5.74) is 2.38. The highest BCUT2D eigenvalue weighted by Gasteiger charge is 2.49. The number of aryl methyl sites for hydroxylation is 1. The Hall–Kier alpha value is -0.940. The van der Waals surface area contributed by atoms with Crippen LogP contribution in [0.15, 0.2) is 24.3 Å². The molecule has 4 heteroatoms. The van der Waals surface area contributed by atoms with E-state index in [1.807, 2.05) is 0 Å². The molecule has 20 heavy (non-hydrogen) atoms. The van der Waals surface area contributed by atoms with E-state index < -0.39 is 6.29 Å². The van der Waals surface area contributed by atoms with Crippen molar-refractivity contribution in [3.8, 4) is 0 Å². The number of aliphatic hydroxyl groups is 2. The molecule has 1 aliphatic carbocycles. The van der Waals surface area contributed by atoms with Crippen molar-refractivity contribution in [2.75, 3.05) is 6.61 Å². The summed E-state index contributed by atoms with van der Waals surface area (Å²) in [6, 6.07) is 8.29. The summed E-state index contributed by atoms with van der Waals surface area (Å²) < 4.78 is 11.5. The first-order chi connectivity index (χ1) is 9.67. The van der Waals surface area contributed by atoms with Crippen LogP contribution in [-0.4, -0.2) is 35.3 Å². The molecule has 5 atom stereocenters. The lowest BCUT2D eigenvalue weighted by Crippen LogP contribution is -2.26. The van der Waals surface area contributed by atoms with Gasteiger partial charge in [-0.15, -0.1) is 0 Å². The number of ether oxygens (including phenoxy) is 2. The molecule has 2 aliphatic rings. The molecule has 1 aromatic carbocycles. The van der Waals surface area contributed by atoms with Crippen molar-refractivity contribution in [2.24, 2.45) is 11.8 Å². The fraction of sp³-hybridized carbons (Fsp3) is 0.625. The Balaban J connectivity index is 1.59. The standard InChI is InChI=1S/C16H22O4/c1-10-2-4-11(5-3-10)9-19-14-7-15-12(13(14)8-17)6-16(18)20-15/h2-5,12-18H,6-9H2,1H3/t12-,13-,14-,15?,16?/m1/s1. The van der Waals surface area contributed by atoms with Gasteiger partial charge in [0.15, 0.2) is 6.29 Å².